The number of amides is 2. The smallest absolute Gasteiger partial charge is 0.314 e. The Morgan fingerprint density at radius 1 is 1.28 bits per heavy atom. The van der Waals surface area contributed by atoms with Gasteiger partial charge in [-0.15, -0.1) is 0 Å². The standard InChI is InChI=1S/C13H24N2O3/c1-3-10(6-12(16)17)8-15-13(18)14-7-9(2)11-4-5-11/h9-11H,3-8H2,1-2H3,(H,16,17)(H2,14,15,18). The van der Waals surface area contributed by atoms with Gasteiger partial charge in [-0.2, -0.15) is 0 Å². The fourth-order valence-corrected chi connectivity index (χ4v) is 1.99. The van der Waals surface area contributed by atoms with Crippen LogP contribution in [0, 0.1) is 17.8 Å². The number of hydrogen-bond acceptors (Lipinski definition) is 2. The van der Waals surface area contributed by atoms with Crippen LogP contribution in [0.1, 0.15) is 39.5 Å². The average Bonchev–Trinajstić information content (AvgIpc) is 3.14. The molecular weight excluding hydrogens is 232 g/mol. The zero-order valence-electron chi connectivity index (χ0n) is 11.2. The highest BCUT2D eigenvalue weighted by Gasteiger charge is 2.27. The van der Waals surface area contributed by atoms with Gasteiger partial charge in [-0.25, -0.2) is 4.79 Å². The van der Waals surface area contributed by atoms with Crippen molar-refractivity contribution in [3.05, 3.63) is 0 Å². The minimum atomic E-state index is -0.814. The van der Waals surface area contributed by atoms with Crippen LogP contribution >= 0.6 is 0 Å². The Morgan fingerprint density at radius 2 is 1.89 bits per heavy atom. The topological polar surface area (TPSA) is 78.4 Å². The van der Waals surface area contributed by atoms with Crippen molar-refractivity contribution in [2.45, 2.75) is 39.5 Å². The van der Waals surface area contributed by atoms with Crippen molar-refractivity contribution in [2.24, 2.45) is 17.8 Å². The summed E-state index contributed by atoms with van der Waals surface area (Å²) in [6.07, 6.45) is 3.42. The molecule has 0 aliphatic heterocycles. The van der Waals surface area contributed by atoms with Gasteiger partial charge in [0, 0.05) is 19.5 Å². The lowest BCUT2D eigenvalue weighted by Gasteiger charge is -2.15. The van der Waals surface area contributed by atoms with Crippen molar-refractivity contribution in [2.75, 3.05) is 13.1 Å². The van der Waals surface area contributed by atoms with E-state index in [2.05, 4.69) is 17.6 Å². The van der Waals surface area contributed by atoms with Gasteiger partial charge in [-0.1, -0.05) is 20.3 Å². The lowest BCUT2D eigenvalue weighted by atomic mass is 10.0. The van der Waals surface area contributed by atoms with E-state index in [0.29, 0.717) is 19.0 Å². The molecule has 0 spiro atoms. The van der Waals surface area contributed by atoms with Gasteiger partial charge in [0.25, 0.3) is 0 Å². The van der Waals surface area contributed by atoms with E-state index in [4.69, 9.17) is 5.11 Å². The first-order chi connectivity index (χ1) is 8.52. The largest absolute Gasteiger partial charge is 0.481 e. The van der Waals surface area contributed by atoms with Crippen LogP contribution in [0.5, 0.6) is 0 Å². The maximum absolute atomic E-state index is 11.5. The van der Waals surface area contributed by atoms with Gasteiger partial charge in [-0.3, -0.25) is 4.79 Å². The van der Waals surface area contributed by atoms with E-state index in [1.165, 1.54) is 12.8 Å². The average molecular weight is 256 g/mol. The maximum atomic E-state index is 11.5. The highest BCUT2D eigenvalue weighted by Crippen LogP contribution is 2.35. The summed E-state index contributed by atoms with van der Waals surface area (Å²) in [7, 11) is 0. The summed E-state index contributed by atoms with van der Waals surface area (Å²) in [5.41, 5.74) is 0. The number of carboxylic acids is 1. The molecule has 5 nitrogen and oxygen atoms in total. The van der Waals surface area contributed by atoms with Crippen LogP contribution in [0.2, 0.25) is 0 Å². The van der Waals surface area contributed by atoms with Crippen LogP contribution in [0.15, 0.2) is 0 Å². The summed E-state index contributed by atoms with van der Waals surface area (Å²) in [6.45, 7) is 5.21. The molecule has 2 atom stereocenters. The lowest BCUT2D eigenvalue weighted by Crippen LogP contribution is -2.40. The van der Waals surface area contributed by atoms with E-state index in [-0.39, 0.29) is 18.4 Å². The molecular formula is C13H24N2O3. The molecule has 0 saturated heterocycles. The van der Waals surface area contributed by atoms with Gasteiger partial charge >= 0.3 is 12.0 Å². The molecule has 0 heterocycles. The number of hydrogen-bond donors (Lipinski definition) is 3. The molecule has 0 aromatic rings. The number of carboxylic acid groups (broad SMARTS) is 1. The van der Waals surface area contributed by atoms with Gasteiger partial charge in [0.2, 0.25) is 0 Å². The van der Waals surface area contributed by atoms with Crippen molar-refractivity contribution in [3.8, 4) is 0 Å². The Bertz CT molecular complexity index is 290. The van der Waals surface area contributed by atoms with Gasteiger partial charge < -0.3 is 15.7 Å². The third-order valence-corrected chi connectivity index (χ3v) is 3.60. The SMILES string of the molecule is CCC(CNC(=O)NCC(C)C1CC1)CC(=O)O. The van der Waals surface area contributed by atoms with E-state index >= 15 is 0 Å². The van der Waals surface area contributed by atoms with Crippen molar-refractivity contribution < 1.29 is 14.7 Å². The second kappa shape index (κ2) is 7.24. The molecule has 1 saturated carbocycles. The molecule has 2 unspecified atom stereocenters. The molecule has 0 radical (unpaired) electrons. The number of carbonyl (C=O) groups excluding carboxylic acids is 1. The van der Waals surface area contributed by atoms with Crippen molar-refractivity contribution >= 4 is 12.0 Å². The Labute approximate surface area is 108 Å². The van der Waals surface area contributed by atoms with E-state index < -0.39 is 5.97 Å². The predicted octanol–water partition coefficient (Wildman–Crippen LogP) is 1.83. The second-order valence-electron chi connectivity index (χ2n) is 5.28. The van der Waals surface area contributed by atoms with E-state index in [9.17, 15) is 9.59 Å². The summed E-state index contributed by atoms with van der Waals surface area (Å²) < 4.78 is 0. The minimum Gasteiger partial charge on any atom is -0.481 e. The van der Waals surface area contributed by atoms with Crippen LogP contribution in [-0.2, 0) is 4.79 Å². The molecule has 1 rings (SSSR count). The van der Waals surface area contributed by atoms with Crippen molar-refractivity contribution in [1.82, 2.24) is 10.6 Å². The quantitative estimate of drug-likeness (QED) is 0.620. The molecule has 1 aliphatic rings. The fourth-order valence-electron chi connectivity index (χ4n) is 1.99. The van der Waals surface area contributed by atoms with Crippen LogP contribution in [-0.4, -0.2) is 30.2 Å². The maximum Gasteiger partial charge on any atom is 0.314 e. The molecule has 18 heavy (non-hydrogen) atoms. The highest BCUT2D eigenvalue weighted by atomic mass is 16.4. The van der Waals surface area contributed by atoms with Gasteiger partial charge in [-0.05, 0) is 30.6 Å². The molecule has 1 fully saturated rings. The number of nitrogens with one attached hydrogen (secondary N) is 2. The molecule has 1 aliphatic carbocycles. The number of urea groups is 1. The monoisotopic (exact) mass is 256 g/mol. The van der Waals surface area contributed by atoms with Gasteiger partial charge in [0.15, 0.2) is 0 Å². The third-order valence-electron chi connectivity index (χ3n) is 3.60. The fraction of sp³-hybridized carbons (Fsp3) is 0.846. The summed E-state index contributed by atoms with van der Waals surface area (Å²) in [6, 6.07) is -0.189. The van der Waals surface area contributed by atoms with E-state index in [1.54, 1.807) is 0 Å². The molecule has 104 valence electrons. The molecule has 2 amide bonds. The summed E-state index contributed by atoms with van der Waals surface area (Å²) >= 11 is 0. The molecule has 5 heteroatoms. The summed E-state index contributed by atoms with van der Waals surface area (Å²) in [5.74, 6) is 0.512. The van der Waals surface area contributed by atoms with Gasteiger partial charge in [0.05, 0.1) is 0 Å². The molecule has 0 bridgehead atoms. The van der Waals surface area contributed by atoms with E-state index in [1.807, 2.05) is 6.92 Å². The zero-order chi connectivity index (χ0) is 13.5. The number of rotatable bonds is 8. The minimum absolute atomic E-state index is 0.00843. The van der Waals surface area contributed by atoms with Crippen LogP contribution in [0.25, 0.3) is 0 Å². The normalized spacial score (nSPS) is 17.9. The Kier molecular flexibility index (Phi) is 5.95. The first-order valence-electron chi connectivity index (χ1n) is 6.76. The molecule has 0 aromatic heterocycles. The lowest BCUT2D eigenvalue weighted by molar-refractivity contribution is -0.138. The first kappa shape index (κ1) is 14.8. The third kappa shape index (κ3) is 5.89. The Hall–Kier alpha value is -1.26. The van der Waals surface area contributed by atoms with Crippen LogP contribution in [0.3, 0.4) is 0 Å². The Balaban J connectivity index is 2.12. The van der Waals surface area contributed by atoms with E-state index in [0.717, 1.165) is 12.3 Å². The molecule has 0 aromatic carbocycles. The Morgan fingerprint density at radius 3 is 2.39 bits per heavy atom. The van der Waals surface area contributed by atoms with Crippen molar-refractivity contribution in [1.29, 1.82) is 0 Å². The number of aliphatic carboxylic acids is 1. The van der Waals surface area contributed by atoms with Crippen LogP contribution in [0.4, 0.5) is 4.79 Å². The predicted molar refractivity (Wildman–Crippen MR) is 69.3 cm³/mol. The second-order valence-corrected chi connectivity index (χ2v) is 5.28. The van der Waals surface area contributed by atoms with Crippen LogP contribution < -0.4 is 10.6 Å². The summed E-state index contributed by atoms with van der Waals surface area (Å²) in [5, 5.41) is 14.3. The summed E-state index contributed by atoms with van der Waals surface area (Å²) in [4.78, 5) is 22.1. The highest BCUT2D eigenvalue weighted by molar-refractivity contribution is 5.74. The number of carbonyl (C=O) groups is 2. The van der Waals surface area contributed by atoms with Crippen molar-refractivity contribution in [3.63, 3.8) is 0 Å². The molecule has 3 N–H and O–H groups in total. The van der Waals surface area contributed by atoms with Gasteiger partial charge in [0.1, 0.15) is 0 Å². The zero-order valence-corrected chi connectivity index (χ0v) is 11.2. The first-order valence-corrected chi connectivity index (χ1v) is 6.76.